The summed E-state index contributed by atoms with van der Waals surface area (Å²) >= 11 is 0. The van der Waals surface area contributed by atoms with Gasteiger partial charge in [-0.15, -0.1) is 5.10 Å². The fourth-order valence-electron chi connectivity index (χ4n) is 3.92. The average Bonchev–Trinajstić information content (AvgIpc) is 3.25. The molecular weight excluding hydrogens is 368 g/mol. The molecule has 1 saturated carbocycles. The maximum Gasteiger partial charge on any atom is 0.267 e. The van der Waals surface area contributed by atoms with Crippen LogP contribution in [0.5, 0.6) is 0 Å². The molecule has 0 amide bonds. The Morgan fingerprint density at radius 2 is 1.97 bits per heavy atom. The van der Waals surface area contributed by atoms with Crippen molar-refractivity contribution in [2.24, 2.45) is 0 Å². The number of fused-ring (bicyclic) bond motifs is 1. The second kappa shape index (κ2) is 7.46. The van der Waals surface area contributed by atoms with Gasteiger partial charge in [0.05, 0.1) is 24.2 Å². The third-order valence-corrected chi connectivity index (χ3v) is 5.43. The number of furan rings is 1. The Kier molecular flexibility index (Phi) is 4.51. The topological polar surface area (TPSA) is 98.7 Å². The number of pyridine rings is 1. The van der Waals surface area contributed by atoms with E-state index < -0.39 is 0 Å². The summed E-state index contributed by atoms with van der Waals surface area (Å²) in [6.07, 6.45) is 10.4. The van der Waals surface area contributed by atoms with Crippen molar-refractivity contribution in [2.75, 3.05) is 5.32 Å². The van der Waals surface area contributed by atoms with E-state index in [9.17, 15) is 4.79 Å². The van der Waals surface area contributed by atoms with E-state index in [1.807, 2.05) is 18.2 Å². The van der Waals surface area contributed by atoms with Crippen LogP contribution in [0, 0.1) is 0 Å². The maximum atomic E-state index is 12.4. The summed E-state index contributed by atoms with van der Waals surface area (Å²) in [4.78, 5) is 16.6. The maximum absolute atomic E-state index is 12.4. The zero-order valence-corrected chi connectivity index (χ0v) is 15.7. The van der Waals surface area contributed by atoms with Crippen molar-refractivity contribution >= 4 is 16.8 Å². The smallest absolute Gasteiger partial charge is 0.267 e. The van der Waals surface area contributed by atoms with Crippen LogP contribution in [0.4, 0.5) is 5.82 Å². The van der Waals surface area contributed by atoms with Crippen molar-refractivity contribution < 1.29 is 4.42 Å². The van der Waals surface area contributed by atoms with Crippen molar-refractivity contribution in [1.82, 2.24) is 25.0 Å². The lowest BCUT2D eigenvalue weighted by Crippen LogP contribution is -2.33. The van der Waals surface area contributed by atoms with Gasteiger partial charge in [0.15, 0.2) is 11.4 Å². The van der Waals surface area contributed by atoms with Crippen molar-refractivity contribution in [3.05, 3.63) is 65.5 Å². The van der Waals surface area contributed by atoms with E-state index in [1.165, 1.54) is 0 Å². The summed E-state index contributed by atoms with van der Waals surface area (Å²) in [5.74, 6) is 0.671. The Hall–Kier alpha value is -3.55. The zero-order valence-electron chi connectivity index (χ0n) is 15.7. The van der Waals surface area contributed by atoms with Crippen LogP contribution >= 0.6 is 0 Å². The van der Waals surface area contributed by atoms with E-state index in [0.717, 1.165) is 47.9 Å². The van der Waals surface area contributed by atoms with Crippen molar-refractivity contribution in [2.45, 2.75) is 37.8 Å². The number of aromatic nitrogens is 5. The van der Waals surface area contributed by atoms with Gasteiger partial charge in [0.1, 0.15) is 0 Å². The minimum atomic E-state index is -0.0692. The summed E-state index contributed by atoms with van der Waals surface area (Å²) in [5.41, 5.74) is 2.32. The van der Waals surface area contributed by atoms with E-state index in [1.54, 1.807) is 41.7 Å². The van der Waals surface area contributed by atoms with Crippen LogP contribution < -0.4 is 10.9 Å². The molecule has 146 valence electrons. The van der Waals surface area contributed by atoms with Crippen molar-refractivity contribution in [1.29, 1.82) is 0 Å². The van der Waals surface area contributed by atoms with Crippen LogP contribution in [-0.4, -0.2) is 31.0 Å². The Balaban J connectivity index is 1.31. The molecule has 4 heterocycles. The summed E-state index contributed by atoms with van der Waals surface area (Å²) in [6, 6.07) is 9.38. The molecule has 1 fully saturated rings. The first kappa shape index (κ1) is 17.5. The second-order valence-electron chi connectivity index (χ2n) is 7.29. The molecule has 29 heavy (non-hydrogen) atoms. The van der Waals surface area contributed by atoms with Crippen molar-refractivity contribution in [3.8, 4) is 11.3 Å². The van der Waals surface area contributed by atoms with Gasteiger partial charge in [-0.1, -0.05) is 0 Å². The fourth-order valence-corrected chi connectivity index (χ4v) is 3.92. The number of hydrogen-bond acceptors (Lipinski definition) is 7. The van der Waals surface area contributed by atoms with E-state index >= 15 is 0 Å². The minimum absolute atomic E-state index is 0.0692. The molecule has 0 aliphatic heterocycles. The van der Waals surface area contributed by atoms with Crippen LogP contribution in [0.15, 0.2) is 64.4 Å². The lowest BCUT2D eigenvalue weighted by molar-refractivity contribution is 0.304. The van der Waals surface area contributed by atoms with E-state index in [4.69, 9.17) is 4.42 Å². The van der Waals surface area contributed by atoms with Gasteiger partial charge in [-0.25, -0.2) is 4.68 Å². The number of hydrogen-bond donors (Lipinski definition) is 1. The average molecular weight is 388 g/mol. The Morgan fingerprint density at radius 1 is 1.07 bits per heavy atom. The Bertz CT molecular complexity index is 1180. The van der Waals surface area contributed by atoms with Gasteiger partial charge in [-0.3, -0.25) is 9.78 Å². The standard InChI is InChI=1S/C21H20N6O2/c28-19-8-7-18(14-2-1-10-22-12-14)26-27(19)17-5-3-16(4-6-17)24-21-20-15(9-11-29-20)13-23-25-21/h1-2,7-13,16-17H,3-6H2,(H,24,25). The number of nitrogens with one attached hydrogen (secondary N) is 1. The van der Waals surface area contributed by atoms with Crippen LogP contribution in [0.25, 0.3) is 22.2 Å². The molecule has 0 unspecified atom stereocenters. The largest absolute Gasteiger partial charge is 0.460 e. The van der Waals surface area contributed by atoms with Gasteiger partial charge >= 0.3 is 0 Å². The third-order valence-electron chi connectivity index (χ3n) is 5.43. The van der Waals surface area contributed by atoms with Gasteiger partial charge in [0, 0.05) is 35.5 Å². The van der Waals surface area contributed by atoms with E-state index in [-0.39, 0.29) is 17.6 Å². The second-order valence-corrected chi connectivity index (χ2v) is 7.29. The van der Waals surface area contributed by atoms with Crippen molar-refractivity contribution in [3.63, 3.8) is 0 Å². The van der Waals surface area contributed by atoms with E-state index in [0.29, 0.717) is 5.82 Å². The van der Waals surface area contributed by atoms with Gasteiger partial charge in [-0.2, -0.15) is 10.2 Å². The normalized spacial score (nSPS) is 19.3. The highest BCUT2D eigenvalue weighted by Crippen LogP contribution is 2.30. The summed E-state index contributed by atoms with van der Waals surface area (Å²) in [7, 11) is 0. The van der Waals surface area contributed by atoms with Crippen LogP contribution in [0.1, 0.15) is 31.7 Å². The summed E-state index contributed by atoms with van der Waals surface area (Å²) < 4.78 is 7.16. The molecule has 1 N–H and O–H groups in total. The molecular formula is C21H20N6O2. The monoisotopic (exact) mass is 388 g/mol. The Labute approximate surface area is 166 Å². The van der Waals surface area contributed by atoms with Gasteiger partial charge < -0.3 is 9.73 Å². The molecule has 0 bridgehead atoms. The SMILES string of the molecule is O=c1ccc(-c2cccnc2)nn1C1CCC(Nc2nncc3ccoc23)CC1. The first-order valence-corrected chi connectivity index (χ1v) is 9.73. The van der Waals surface area contributed by atoms with Gasteiger partial charge in [0.25, 0.3) is 5.56 Å². The molecule has 0 radical (unpaired) electrons. The molecule has 0 saturated heterocycles. The molecule has 8 heteroatoms. The van der Waals surface area contributed by atoms with Gasteiger partial charge in [0.2, 0.25) is 0 Å². The van der Waals surface area contributed by atoms with Crippen LogP contribution in [0.3, 0.4) is 0 Å². The third kappa shape index (κ3) is 3.49. The van der Waals surface area contributed by atoms with E-state index in [2.05, 4.69) is 25.6 Å². The highest BCUT2D eigenvalue weighted by atomic mass is 16.3. The number of nitrogens with zero attached hydrogens (tertiary/aromatic N) is 5. The highest BCUT2D eigenvalue weighted by Gasteiger charge is 2.25. The quantitative estimate of drug-likeness (QED) is 0.572. The molecule has 4 aromatic heterocycles. The predicted octanol–water partition coefficient (Wildman–Crippen LogP) is 3.44. The first-order chi connectivity index (χ1) is 14.3. The summed E-state index contributed by atoms with van der Waals surface area (Å²) in [5, 5.41) is 17.2. The number of rotatable bonds is 4. The molecule has 0 aromatic carbocycles. The summed E-state index contributed by atoms with van der Waals surface area (Å²) in [6.45, 7) is 0. The predicted molar refractivity (Wildman–Crippen MR) is 108 cm³/mol. The lowest BCUT2D eigenvalue weighted by Gasteiger charge is -2.29. The molecule has 0 spiro atoms. The fraction of sp³-hybridized carbons (Fsp3) is 0.286. The zero-order chi connectivity index (χ0) is 19.6. The highest BCUT2D eigenvalue weighted by molar-refractivity contribution is 5.85. The minimum Gasteiger partial charge on any atom is -0.460 e. The van der Waals surface area contributed by atoms with Crippen LogP contribution in [-0.2, 0) is 0 Å². The van der Waals surface area contributed by atoms with Gasteiger partial charge in [-0.05, 0) is 49.9 Å². The lowest BCUT2D eigenvalue weighted by atomic mass is 9.91. The molecule has 8 nitrogen and oxygen atoms in total. The molecule has 1 aliphatic rings. The molecule has 5 rings (SSSR count). The molecule has 1 aliphatic carbocycles. The van der Waals surface area contributed by atoms with Crippen LogP contribution in [0.2, 0.25) is 0 Å². The first-order valence-electron chi connectivity index (χ1n) is 9.73. The molecule has 4 aromatic rings. The Morgan fingerprint density at radius 3 is 2.79 bits per heavy atom. The molecule has 0 atom stereocenters. The number of anilines is 1.